The van der Waals surface area contributed by atoms with E-state index in [2.05, 4.69) is 44.9 Å². The largest absolute Gasteiger partial charge is 0.450 e. The van der Waals surface area contributed by atoms with Gasteiger partial charge in [0.05, 0.1) is 31.9 Å². The zero-order valence-electron chi connectivity index (χ0n) is 14.8. The number of aromatic amines is 1. The Hall–Kier alpha value is -1.71. The molecular formula is C15H23ClN6O2Si. The Morgan fingerprint density at radius 2 is 2.20 bits per heavy atom. The van der Waals surface area contributed by atoms with Gasteiger partial charge in [-0.2, -0.15) is 4.98 Å². The van der Waals surface area contributed by atoms with Crippen LogP contribution in [0.5, 0.6) is 0 Å². The number of piperazine rings is 1. The minimum Gasteiger partial charge on any atom is -0.450 e. The molecule has 1 saturated heterocycles. The van der Waals surface area contributed by atoms with E-state index < -0.39 is 8.07 Å². The van der Waals surface area contributed by atoms with Gasteiger partial charge in [-0.1, -0.05) is 19.6 Å². The fraction of sp³-hybridized carbons (Fsp3) is 0.600. The second kappa shape index (κ2) is 6.89. The number of carbonyl (C=O) groups excluding carboxylic acids is 1. The summed E-state index contributed by atoms with van der Waals surface area (Å²) in [6.07, 6.45) is 1.23. The van der Waals surface area contributed by atoms with E-state index in [4.69, 9.17) is 16.3 Å². The van der Waals surface area contributed by atoms with E-state index in [-0.39, 0.29) is 23.1 Å². The van der Waals surface area contributed by atoms with Gasteiger partial charge in [-0.3, -0.25) is 4.90 Å². The quantitative estimate of drug-likeness (QED) is 0.624. The summed E-state index contributed by atoms with van der Waals surface area (Å²) < 4.78 is 5.75. The molecule has 2 N–H and O–H groups in total. The minimum absolute atomic E-state index is 0.0725. The van der Waals surface area contributed by atoms with Gasteiger partial charge in [0.2, 0.25) is 5.28 Å². The van der Waals surface area contributed by atoms with E-state index in [0.29, 0.717) is 36.5 Å². The van der Waals surface area contributed by atoms with Gasteiger partial charge in [0.15, 0.2) is 5.65 Å². The van der Waals surface area contributed by atoms with Crippen LogP contribution in [0.4, 0.5) is 4.79 Å². The summed E-state index contributed by atoms with van der Waals surface area (Å²) in [5.74, 6) is 0. The predicted molar refractivity (Wildman–Crippen MR) is 98.3 cm³/mol. The lowest BCUT2D eigenvalue weighted by atomic mass is 10.1. The lowest BCUT2D eigenvalue weighted by Gasteiger charge is -2.37. The molecule has 0 bridgehead atoms. The van der Waals surface area contributed by atoms with Crippen LogP contribution < -0.4 is 5.32 Å². The Morgan fingerprint density at radius 1 is 1.44 bits per heavy atom. The number of fused-ring (bicyclic) bond motifs is 1. The Bertz CT molecular complexity index is 777. The Balaban J connectivity index is 1.90. The molecule has 2 aromatic heterocycles. The molecule has 0 spiro atoms. The molecule has 1 aliphatic heterocycles. The van der Waals surface area contributed by atoms with Crippen LogP contribution in [0.1, 0.15) is 18.7 Å². The second-order valence-corrected chi connectivity index (χ2v) is 13.2. The molecule has 8 nitrogen and oxygen atoms in total. The number of nitrogens with one attached hydrogen (secondary N) is 2. The molecule has 3 rings (SSSR count). The number of aromatic nitrogens is 4. The van der Waals surface area contributed by atoms with Crippen LogP contribution in [0.3, 0.4) is 0 Å². The highest BCUT2D eigenvalue weighted by molar-refractivity contribution is 6.77. The van der Waals surface area contributed by atoms with Crippen molar-refractivity contribution < 1.29 is 9.53 Å². The third-order valence-corrected chi connectivity index (χ3v) is 7.30. The SMILES string of the molecule is CC(OC(=O)N1CCNCC1c1nc(Cl)nc2nc[nH]c12)[Si](C)(C)C. The van der Waals surface area contributed by atoms with Crippen molar-refractivity contribution in [3.8, 4) is 0 Å². The number of hydrogen-bond donors (Lipinski definition) is 2. The molecule has 2 unspecified atom stereocenters. The fourth-order valence-electron chi connectivity index (χ4n) is 2.63. The molecule has 2 atom stereocenters. The highest BCUT2D eigenvalue weighted by Gasteiger charge is 2.35. The molecular weight excluding hydrogens is 360 g/mol. The maximum Gasteiger partial charge on any atom is 0.410 e. The number of halogens is 1. The number of carbonyl (C=O) groups is 1. The van der Waals surface area contributed by atoms with Crippen molar-refractivity contribution in [2.75, 3.05) is 19.6 Å². The average Bonchev–Trinajstić information content (AvgIpc) is 3.01. The molecule has 3 heterocycles. The first-order valence-corrected chi connectivity index (χ1v) is 12.3. The third kappa shape index (κ3) is 3.78. The molecule has 0 saturated carbocycles. The number of hydrogen-bond acceptors (Lipinski definition) is 6. The first-order chi connectivity index (χ1) is 11.8. The number of rotatable bonds is 3. The zero-order chi connectivity index (χ0) is 18.2. The summed E-state index contributed by atoms with van der Waals surface area (Å²) in [4.78, 5) is 30.2. The smallest absolute Gasteiger partial charge is 0.410 e. The van der Waals surface area contributed by atoms with Crippen molar-refractivity contribution >= 4 is 36.9 Å². The van der Waals surface area contributed by atoms with Crippen molar-refractivity contribution in [1.82, 2.24) is 30.2 Å². The van der Waals surface area contributed by atoms with Gasteiger partial charge >= 0.3 is 6.09 Å². The maximum absolute atomic E-state index is 12.8. The van der Waals surface area contributed by atoms with Gasteiger partial charge in [0.1, 0.15) is 5.52 Å². The van der Waals surface area contributed by atoms with Gasteiger partial charge in [-0.15, -0.1) is 0 Å². The highest BCUT2D eigenvalue weighted by Crippen LogP contribution is 2.27. The van der Waals surface area contributed by atoms with Gasteiger partial charge < -0.3 is 15.0 Å². The van der Waals surface area contributed by atoms with Gasteiger partial charge in [0, 0.05) is 19.6 Å². The van der Waals surface area contributed by atoms with Gasteiger partial charge in [-0.05, 0) is 18.5 Å². The van der Waals surface area contributed by atoms with Crippen molar-refractivity contribution in [2.45, 2.75) is 38.3 Å². The normalized spacial score (nSPS) is 19.9. The van der Waals surface area contributed by atoms with E-state index in [9.17, 15) is 4.79 Å². The van der Waals surface area contributed by atoms with Crippen LogP contribution >= 0.6 is 11.6 Å². The molecule has 0 aromatic carbocycles. The van der Waals surface area contributed by atoms with Gasteiger partial charge in [0.25, 0.3) is 0 Å². The van der Waals surface area contributed by atoms with Crippen LogP contribution in [0, 0.1) is 0 Å². The van der Waals surface area contributed by atoms with Crippen molar-refractivity contribution in [3.63, 3.8) is 0 Å². The zero-order valence-corrected chi connectivity index (χ0v) is 16.6. The molecule has 2 aromatic rings. The highest BCUT2D eigenvalue weighted by atomic mass is 35.5. The Kier molecular flexibility index (Phi) is 4.98. The number of amides is 1. The minimum atomic E-state index is -1.58. The van der Waals surface area contributed by atoms with E-state index >= 15 is 0 Å². The van der Waals surface area contributed by atoms with Crippen molar-refractivity contribution in [2.24, 2.45) is 0 Å². The van der Waals surface area contributed by atoms with Crippen LogP contribution in [0.25, 0.3) is 11.2 Å². The van der Waals surface area contributed by atoms with Crippen molar-refractivity contribution in [1.29, 1.82) is 0 Å². The molecule has 25 heavy (non-hydrogen) atoms. The first kappa shape index (κ1) is 18.1. The Labute approximate surface area is 152 Å². The van der Waals surface area contributed by atoms with Crippen LogP contribution in [0.15, 0.2) is 6.33 Å². The molecule has 0 radical (unpaired) electrons. The number of imidazole rings is 1. The lowest BCUT2D eigenvalue weighted by molar-refractivity contribution is 0.0684. The molecule has 1 fully saturated rings. The fourth-order valence-corrected chi connectivity index (χ4v) is 3.26. The van der Waals surface area contributed by atoms with Crippen molar-refractivity contribution in [3.05, 3.63) is 17.3 Å². The first-order valence-electron chi connectivity index (χ1n) is 8.32. The summed E-state index contributed by atoms with van der Waals surface area (Å²) in [6, 6.07) is -0.293. The molecule has 136 valence electrons. The summed E-state index contributed by atoms with van der Waals surface area (Å²) in [6.45, 7) is 10.3. The molecule has 1 amide bonds. The number of ether oxygens (including phenoxy) is 1. The molecule has 0 aliphatic carbocycles. The second-order valence-electron chi connectivity index (χ2n) is 7.28. The van der Waals surface area contributed by atoms with E-state index in [1.54, 1.807) is 11.2 Å². The number of H-pyrrole nitrogens is 1. The average molecular weight is 383 g/mol. The lowest BCUT2D eigenvalue weighted by Crippen LogP contribution is -2.51. The summed E-state index contributed by atoms with van der Waals surface area (Å²) in [7, 11) is -1.58. The summed E-state index contributed by atoms with van der Waals surface area (Å²) >= 11 is 6.05. The third-order valence-electron chi connectivity index (χ3n) is 4.58. The van der Waals surface area contributed by atoms with Gasteiger partial charge in [-0.25, -0.2) is 14.8 Å². The maximum atomic E-state index is 12.8. The van der Waals surface area contributed by atoms with E-state index in [0.717, 1.165) is 0 Å². The van der Waals surface area contributed by atoms with Crippen LogP contribution in [0.2, 0.25) is 24.9 Å². The topological polar surface area (TPSA) is 96.0 Å². The predicted octanol–water partition coefficient (Wildman–Crippen LogP) is 2.36. The molecule has 10 heteroatoms. The Morgan fingerprint density at radius 3 is 2.92 bits per heavy atom. The van der Waals surface area contributed by atoms with Crippen LogP contribution in [-0.4, -0.2) is 64.4 Å². The summed E-state index contributed by atoms with van der Waals surface area (Å²) in [5, 5.41) is 3.41. The molecule has 1 aliphatic rings. The number of nitrogens with zero attached hydrogens (tertiary/aromatic N) is 4. The monoisotopic (exact) mass is 382 g/mol. The standard InChI is InChI=1S/C15H23ClN6O2Si/c1-9(25(2,3)4)24-15(23)22-6-5-17-7-10(22)11-12-13(19-8-18-12)21-14(16)20-11/h8-10,17H,5-7H2,1-4H3,(H,18,19,20,21). The van der Waals surface area contributed by atoms with E-state index in [1.807, 2.05) is 6.92 Å². The van der Waals surface area contributed by atoms with Crippen LogP contribution in [-0.2, 0) is 4.74 Å². The summed E-state index contributed by atoms with van der Waals surface area (Å²) in [5.41, 5.74) is 1.76. The van der Waals surface area contributed by atoms with E-state index in [1.165, 1.54) is 0 Å².